The third kappa shape index (κ3) is 4.01. The number of carbonyl (C=O) groups excluding carboxylic acids is 1. The second-order valence-corrected chi connectivity index (χ2v) is 8.09. The van der Waals surface area contributed by atoms with E-state index in [1.54, 1.807) is 0 Å². The van der Waals surface area contributed by atoms with Crippen molar-refractivity contribution >= 4 is 34.2 Å². The van der Waals surface area contributed by atoms with E-state index < -0.39 is 0 Å². The number of rotatable bonds is 5. The van der Waals surface area contributed by atoms with Crippen molar-refractivity contribution in [3.05, 3.63) is 70.5 Å². The minimum absolute atomic E-state index is 0.0557. The number of nitrogens with one attached hydrogen (secondary N) is 2. The maximum absolute atomic E-state index is 12.7. The zero-order valence-electron chi connectivity index (χ0n) is 16.8. The Hall–Kier alpha value is -2.79. The summed E-state index contributed by atoms with van der Waals surface area (Å²) < 4.78 is 0. The molecular formula is C23H25ClN4O. The van der Waals surface area contributed by atoms with Crippen LogP contribution in [0.25, 0.3) is 16.7 Å². The summed E-state index contributed by atoms with van der Waals surface area (Å²) in [6.07, 6.45) is 2.19. The Morgan fingerprint density at radius 2 is 2.00 bits per heavy atom. The first-order valence-electron chi connectivity index (χ1n) is 9.93. The highest BCUT2D eigenvalue weighted by Gasteiger charge is 2.21. The van der Waals surface area contributed by atoms with Crippen molar-refractivity contribution in [2.75, 3.05) is 13.1 Å². The number of aryl methyl sites for hydroxylation is 1. The van der Waals surface area contributed by atoms with E-state index in [0.29, 0.717) is 5.02 Å². The Morgan fingerprint density at radius 1 is 1.24 bits per heavy atom. The molecule has 6 heteroatoms. The Bertz CT molecular complexity index is 1080. The van der Waals surface area contributed by atoms with Gasteiger partial charge in [0.15, 0.2) is 0 Å². The summed E-state index contributed by atoms with van der Waals surface area (Å²) in [6.45, 7) is 9.90. The highest BCUT2D eigenvalue weighted by atomic mass is 35.5. The van der Waals surface area contributed by atoms with Gasteiger partial charge >= 0.3 is 0 Å². The summed E-state index contributed by atoms with van der Waals surface area (Å²) >= 11 is 6.06. The van der Waals surface area contributed by atoms with Crippen molar-refractivity contribution in [3.63, 3.8) is 0 Å². The van der Waals surface area contributed by atoms with Crippen molar-refractivity contribution in [3.8, 4) is 0 Å². The molecule has 0 bridgehead atoms. The van der Waals surface area contributed by atoms with Crippen molar-refractivity contribution < 1.29 is 4.79 Å². The lowest BCUT2D eigenvalue weighted by Gasteiger charge is -2.19. The fraction of sp³-hybridized carbons (Fsp3) is 0.304. The molecule has 0 radical (unpaired) electrons. The van der Waals surface area contributed by atoms with Crippen LogP contribution in [-0.4, -0.2) is 33.9 Å². The molecule has 29 heavy (non-hydrogen) atoms. The summed E-state index contributed by atoms with van der Waals surface area (Å²) in [5.41, 5.74) is 5.28. The van der Waals surface area contributed by atoms with Gasteiger partial charge in [0.25, 0.3) is 5.91 Å². The molecule has 150 valence electrons. The zero-order chi connectivity index (χ0) is 20.5. The molecule has 1 aliphatic rings. The molecule has 0 aliphatic carbocycles. The van der Waals surface area contributed by atoms with E-state index in [2.05, 4.69) is 21.9 Å². The van der Waals surface area contributed by atoms with Crippen molar-refractivity contribution in [1.29, 1.82) is 0 Å². The molecule has 1 fully saturated rings. The van der Waals surface area contributed by atoms with Crippen LogP contribution in [0.15, 0.2) is 43.0 Å². The molecule has 2 heterocycles. The SMILES string of the molecule is C=C(NC(C)c1nc2ccc(Cl)cc2[nH]1)c1ccc(C(=O)N2CCCC2)c(C)c1. The molecule has 0 spiro atoms. The van der Waals surface area contributed by atoms with Crippen LogP contribution in [0.5, 0.6) is 0 Å². The third-order valence-corrected chi connectivity index (χ3v) is 5.70. The molecule has 1 unspecified atom stereocenters. The van der Waals surface area contributed by atoms with Crippen LogP contribution in [0.2, 0.25) is 5.02 Å². The van der Waals surface area contributed by atoms with Crippen LogP contribution in [0.4, 0.5) is 0 Å². The van der Waals surface area contributed by atoms with Crippen LogP contribution in [0.3, 0.4) is 0 Å². The maximum Gasteiger partial charge on any atom is 0.254 e. The zero-order valence-corrected chi connectivity index (χ0v) is 17.5. The summed E-state index contributed by atoms with van der Waals surface area (Å²) in [6, 6.07) is 11.4. The number of hydrogen-bond donors (Lipinski definition) is 2. The van der Waals surface area contributed by atoms with Gasteiger partial charge in [-0.25, -0.2) is 4.98 Å². The van der Waals surface area contributed by atoms with Gasteiger partial charge in [-0.15, -0.1) is 0 Å². The minimum Gasteiger partial charge on any atom is -0.375 e. The average Bonchev–Trinajstić information content (AvgIpc) is 3.36. The van der Waals surface area contributed by atoms with Gasteiger partial charge in [-0.2, -0.15) is 0 Å². The minimum atomic E-state index is -0.0557. The Morgan fingerprint density at radius 3 is 2.72 bits per heavy atom. The first kappa shape index (κ1) is 19.5. The second-order valence-electron chi connectivity index (χ2n) is 7.66. The lowest BCUT2D eigenvalue weighted by atomic mass is 10.0. The topological polar surface area (TPSA) is 61.0 Å². The Balaban J connectivity index is 1.48. The number of halogens is 1. The van der Waals surface area contributed by atoms with E-state index in [1.807, 2.05) is 55.1 Å². The summed E-state index contributed by atoms with van der Waals surface area (Å²) in [5, 5.41) is 4.08. The number of amides is 1. The smallest absolute Gasteiger partial charge is 0.254 e. The van der Waals surface area contributed by atoms with Gasteiger partial charge in [0, 0.05) is 29.4 Å². The molecule has 0 saturated carbocycles. The maximum atomic E-state index is 12.7. The molecule has 4 rings (SSSR count). The van der Waals surface area contributed by atoms with Crippen molar-refractivity contribution in [2.45, 2.75) is 32.7 Å². The fourth-order valence-corrected chi connectivity index (χ4v) is 3.97. The van der Waals surface area contributed by atoms with E-state index in [1.165, 1.54) is 0 Å². The van der Waals surface area contributed by atoms with Crippen LogP contribution >= 0.6 is 11.6 Å². The number of carbonyl (C=O) groups is 1. The fourth-order valence-electron chi connectivity index (χ4n) is 3.80. The predicted octanol–water partition coefficient (Wildman–Crippen LogP) is 5.08. The summed E-state index contributed by atoms with van der Waals surface area (Å²) in [4.78, 5) is 22.6. The first-order valence-corrected chi connectivity index (χ1v) is 10.3. The molecule has 2 N–H and O–H groups in total. The summed E-state index contributed by atoms with van der Waals surface area (Å²) in [5.74, 6) is 0.945. The lowest BCUT2D eigenvalue weighted by Crippen LogP contribution is -2.28. The number of imidazole rings is 1. The quantitative estimate of drug-likeness (QED) is 0.618. The number of hydrogen-bond acceptors (Lipinski definition) is 3. The third-order valence-electron chi connectivity index (χ3n) is 5.46. The highest BCUT2D eigenvalue weighted by molar-refractivity contribution is 6.31. The normalized spacial score (nSPS) is 14.9. The van der Waals surface area contributed by atoms with Gasteiger partial charge in [-0.1, -0.05) is 24.2 Å². The number of likely N-dealkylation sites (tertiary alicyclic amines) is 1. The number of H-pyrrole nitrogens is 1. The van der Waals surface area contributed by atoms with Crippen LogP contribution in [0.1, 0.15) is 53.1 Å². The summed E-state index contributed by atoms with van der Waals surface area (Å²) in [7, 11) is 0. The molecule has 1 amide bonds. The van der Waals surface area contributed by atoms with E-state index in [4.69, 9.17) is 11.6 Å². The Labute approximate surface area is 175 Å². The first-order chi connectivity index (χ1) is 13.9. The van der Waals surface area contributed by atoms with Gasteiger partial charge in [0.2, 0.25) is 0 Å². The molecule has 1 atom stereocenters. The van der Waals surface area contributed by atoms with Gasteiger partial charge in [0.1, 0.15) is 5.82 Å². The van der Waals surface area contributed by atoms with Gasteiger partial charge in [0.05, 0.1) is 17.1 Å². The van der Waals surface area contributed by atoms with Crippen molar-refractivity contribution in [1.82, 2.24) is 20.2 Å². The molecular weight excluding hydrogens is 384 g/mol. The molecule has 1 saturated heterocycles. The van der Waals surface area contributed by atoms with Gasteiger partial charge < -0.3 is 15.2 Å². The number of aromatic amines is 1. The molecule has 1 aliphatic heterocycles. The highest BCUT2D eigenvalue weighted by Crippen LogP contribution is 2.23. The number of aromatic nitrogens is 2. The standard InChI is InChI=1S/C23H25ClN4O/c1-14-12-17(6-8-19(14)23(29)28-10-4-5-11-28)15(2)25-16(3)22-26-20-9-7-18(24)13-21(20)27-22/h6-9,12-13,16,25H,2,4-5,10-11H2,1,3H3,(H,26,27). The number of benzene rings is 2. The number of nitrogens with zero attached hydrogens (tertiary/aromatic N) is 2. The van der Waals surface area contributed by atoms with E-state index in [9.17, 15) is 4.79 Å². The predicted molar refractivity (Wildman–Crippen MR) is 118 cm³/mol. The Kier molecular flexibility index (Phi) is 5.33. The van der Waals surface area contributed by atoms with Crippen molar-refractivity contribution in [2.24, 2.45) is 0 Å². The van der Waals surface area contributed by atoms with Gasteiger partial charge in [-0.3, -0.25) is 4.79 Å². The van der Waals surface area contributed by atoms with E-state index in [-0.39, 0.29) is 11.9 Å². The van der Waals surface area contributed by atoms with E-state index in [0.717, 1.165) is 65.2 Å². The second kappa shape index (κ2) is 7.91. The number of fused-ring (bicyclic) bond motifs is 1. The molecule has 5 nitrogen and oxygen atoms in total. The van der Waals surface area contributed by atoms with Gasteiger partial charge in [-0.05, 0) is 68.1 Å². The largest absolute Gasteiger partial charge is 0.375 e. The van der Waals surface area contributed by atoms with E-state index >= 15 is 0 Å². The average molecular weight is 409 g/mol. The van der Waals surface area contributed by atoms with Crippen LogP contribution < -0.4 is 5.32 Å². The molecule has 1 aromatic heterocycles. The lowest BCUT2D eigenvalue weighted by molar-refractivity contribution is 0.0792. The van der Waals surface area contributed by atoms with Crippen LogP contribution in [0, 0.1) is 6.92 Å². The molecule has 2 aromatic carbocycles. The van der Waals surface area contributed by atoms with Crippen LogP contribution in [-0.2, 0) is 0 Å². The molecule has 3 aromatic rings. The monoisotopic (exact) mass is 408 g/mol.